The van der Waals surface area contributed by atoms with Crippen molar-refractivity contribution in [2.45, 2.75) is 94.9 Å². The minimum absolute atomic E-state index is 0.0681. The van der Waals surface area contributed by atoms with Gasteiger partial charge in [0.15, 0.2) is 22.8 Å². The quantitative estimate of drug-likeness (QED) is 0.242. The first kappa shape index (κ1) is 35.1. The second kappa shape index (κ2) is 11.7. The Morgan fingerprint density at radius 1 is 1.00 bits per heavy atom. The van der Waals surface area contributed by atoms with E-state index in [1.54, 1.807) is 26.0 Å². The first-order chi connectivity index (χ1) is 22.4. The molecule has 6 N–H and O–H groups in total. The first-order valence-corrected chi connectivity index (χ1v) is 16.5. The topological polar surface area (TPSA) is 182 Å². The molecule has 1 aromatic carbocycles. The molecule has 6 rings (SSSR count). The fourth-order valence-electron chi connectivity index (χ4n) is 10.4. The van der Waals surface area contributed by atoms with Gasteiger partial charge in [0.2, 0.25) is 5.78 Å². The molecule has 10 nitrogen and oxygen atoms in total. The van der Waals surface area contributed by atoms with Crippen LogP contribution in [0.5, 0.6) is 0 Å². The highest BCUT2D eigenvalue weighted by Gasteiger charge is 2.74. The van der Waals surface area contributed by atoms with Gasteiger partial charge in [-0.25, -0.2) is 8.78 Å². The van der Waals surface area contributed by atoms with Crippen molar-refractivity contribution in [2.24, 2.45) is 34.5 Å². The van der Waals surface area contributed by atoms with E-state index in [0.717, 1.165) is 17.7 Å². The number of carbonyl (C=O) groups is 3. The first-order valence-electron chi connectivity index (χ1n) is 16.5. The molecule has 14 atom stereocenters. The molecular formula is C36H44F2O10. The molecule has 48 heavy (non-hydrogen) atoms. The van der Waals surface area contributed by atoms with Gasteiger partial charge in [0.1, 0.15) is 37.2 Å². The third-order valence-corrected chi connectivity index (χ3v) is 12.6. The van der Waals surface area contributed by atoms with Crippen LogP contribution in [0.2, 0.25) is 0 Å². The van der Waals surface area contributed by atoms with Crippen molar-refractivity contribution in [3.8, 4) is 0 Å². The molecular weight excluding hydrogens is 630 g/mol. The van der Waals surface area contributed by atoms with E-state index in [1.165, 1.54) is 19.1 Å². The molecule has 1 heterocycles. The van der Waals surface area contributed by atoms with Crippen LogP contribution in [0, 0.1) is 41.4 Å². The van der Waals surface area contributed by atoms with Crippen LogP contribution in [-0.4, -0.2) is 109 Å². The van der Waals surface area contributed by atoms with Gasteiger partial charge in [0, 0.05) is 28.4 Å². The lowest BCUT2D eigenvalue weighted by Crippen LogP contribution is -2.71. The molecule has 1 saturated heterocycles. The van der Waals surface area contributed by atoms with Crippen molar-refractivity contribution < 1.29 is 58.5 Å². The molecule has 1 aliphatic heterocycles. The number of carbonyl (C=O) groups excluding carboxylic acids is 3. The number of Topliss-reactive ketones (excluding diaryl/α,β-unsaturated/α-hetero) is 2. The SMILES string of the molecule is Cc1ccc(C(=O)C2(C3=C[C@@]4(C)C(=CC3=O)[C@@H](F)C[C@H]3[C@@H]5C[C@@H](C)[C@H](C(=O)CO)[C@]5(C)C[C@H](O)[C@@]34F)O[C@H](CO)[C@@H](O)[C@H](O)[C@H]2O)cc1. The molecule has 4 fully saturated rings. The van der Waals surface area contributed by atoms with Crippen LogP contribution in [0.25, 0.3) is 0 Å². The number of ketones is 3. The number of ether oxygens (including phenoxy) is 1. The smallest absolute Gasteiger partial charge is 0.202 e. The van der Waals surface area contributed by atoms with Gasteiger partial charge in [-0.1, -0.05) is 49.8 Å². The van der Waals surface area contributed by atoms with E-state index in [9.17, 15) is 45.0 Å². The summed E-state index contributed by atoms with van der Waals surface area (Å²) in [7, 11) is 0. The van der Waals surface area contributed by atoms with E-state index >= 15 is 8.78 Å². The van der Waals surface area contributed by atoms with Gasteiger partial charge in [0.25, 0.3) is 0 Å². The highest BCUT2D eigenvalue weighted by molar-refractivity contribution is 6.17. The number of fused-ring (bicyclic) bond motifs is 5. The van der Waals surface area contributed by atoms with Crippen LogP contribution in [0.15, 0.2) is 47.6 Å². The van der Waals surface area contributed by atoms with Gasteiger partial charge in [-0.2, -0.15) is 0 Å². The van der Waals surface area contributed by atoms with E-state index in [0.29, 0.717) is 6.42 Å². The Morgan fingerprint density at radius 2 is 1.65 bits per heavy atom. The van der Waals surface area contributed by atoms with Crippen LogP contribution >= 0.6 is 0 Å². The second-order valence-corrected chi connectivity index (χ2v) is 15.1. The number of allylic oxidation sites excluding steroid dienone is 3. The van der Waals surface area contributed by atoms with Crippen molar-refractivity contribution in [2.75, 3.05) is 13.2 Å². The van der Waals surface area contributed by atoms with Gasteiger partial charge in [-0.05, 0) is 62.0 Å². The molecule has 0 bridgehead atoms. The monoisotopic (exact) mass is 674 g/mol. The fourth-order valence-corrected chi connectivity index (χ4v) is 10.4. The predicted octanol–water partition coefficient (Wildman–Crippen LogP) is 1.50. The van der Waals surface area contributed by atoms with Crippen LogP contribution in [-0.2, 0) is 14.3 Å². The van der Waals surface area contributed by atoms with E-state index in [4.69, 9.17) is 4.74 Å². The standard InChI is InChI=1S/C36H44F2O10/c1-16-5-7-18(8-6-16)31(46)35(32(47)30(45)29(44)26(15-40)48-35)22-12-34(4)21(11-24(22)41)23(37)10-20-19-9-17(2)28(25(42)14-39)33(19,3)13-27(43)36(20,34)38/h5-8,11-12,17,19-20,23,26-30,32,39-40,43-45,47H,9-10,13-15H2,1-4H3/t17-,19+,20+,23+,26-,27+,28-,29-,30+,32-,33-,34+,35?,36+/m1/s1. The molecule has 0 amide bonds. The Morgan fingerprint density at radius 3 is 2.25 bits per heavy atom. The van der Waals surface area contributed by atoms with Crippen LogP contribution in [0.3, 0.4) is 0 Å². The minimum atomic E-state index is -2.78. The third-order valence-electron chi connectivity index (χ3n) is 12.6. The highest BCUT2D eigenvalue weighted by atomic mass is 19.1. The van der Waals surface area contributed by atoms with Crippen molar-refractivity contribution in [3.63, 3.8) is 0 Å². The van der Waals surface area contributed by atoms with Crippen LogP contribution in [0.4, 0.5) is 8.78 Å². The summed E-state index contributed by atoms with van der Waals surface area (Å²) < 4.78 is 40.7. The van der Waals surface area contributed by atoms with E-state index in [2.05, 4.69) is 0 Å². The van der Waals surface area contributed by atoms with E-state index in [-0.39, 0.29) is 29.9 Å². The van der Waals surface area contributed by atoms with Gasteiger partial charge in [-0.3, -0.25) is 14.4 Å². The van der Waals surface area contributed by atoms with Crippen LogP contribution in [0.1, 0.15) is 56.0 Å². The third kappa shape index (κ3) is 4.49. The van der Waals surface area contributed by atoms with Crippen LogP contribution < -0.4 is 0 Å². The summed E-state index contributed by atoms with van der Waals surface area (Å²) in [5.41, 5.74) is -8.69. The minimum Gasteiger partial charge on any atom is -0.394 e. The average Bonchev–Trinajstić information content (AvgIpc) is 3.31. The summed E-state index contributed by atoms with van der Waals surface area (Å²) in [5.74, 6) is -5.21. The number of aryl methyl sites for hydroxylation is 1. The number of aliphatic hydroxyl groups is 6. The average molecular weight is 675 g/mol. The molecule has 12 heteroatoms. The summed E-state index contributed by atoms with van der Waals surface area (Å²) >= 11 is 0. The highest BCUT2D eigenvalue weighted by Crippen LogP contribution is 2.70. The zero-order valence-electron chi connectivity index (χ0n) is 27.3. The van der Waals surface area contributed by atoms with Crippen molar-refractivity contribution in [1.82, 2.24) is 0 Å². The predicted molar refractivity (Wildman–Crippen MR) is 166 cm³/mol. The maximum absolute atomic E-state index is 18.3. The summed E-state index contributed by atoms with van der Waals surface area (Å²) in [5, 5.41) is 64.8. The Labute approximate surface area is 277 Å². The zero-order valence-corrected chi connectivity index (χ0v) is 27.3. The Kier molecular flexibility index (Phi) is 8.55. The van der Waals surface area contributed by atoms with Gasteiger partial charge >= 0.3 is 0 Å². The van der Waals surface area contributed by atoms with Crippen molar-refractivity contribution in [3.05, 3.63) is 58.7 Å². The zero-order chi connectivity index (χ0) is 35.3. The molecule has 3 saturated carbocycles. The van der Waals surface area contributed by atoms with E-state index < -0.39 is 113 Å². The lowest BCUT2D eigenvalue weighted by molar-refractivity contribution is -0.244. The molecule has 262 valence electrons. The summed E-state index contributed by atoms with van der Waals surface area (Å²) in [6.07, 6.45) is -9.96. The summed E-state index contributed by atoms with van der Waals surface area (Å²) in [6.45, 7) is 5.00. The Hall–Kier alpha value is -2.71. The molecule has 4 aliphatic carbocycles. The summed E-state index contributed by atoms with van der Waals surface area (Å²) in [4.78, 5) is 41.4. The second-order valence-electron chi connectivity index (χ2n) is 15.1. The molecule has 0 spiro atoms. The summed E-state index contributed by atoms with van der Waals surface area (Å²) in [6, 6.07) is 5.98. The lowest BCUT2D eigenvalue weighted by atomic mass is 9.44. The molecule has 0 radical (unpaired) electrons. The molecule has 0 aromatic heterocycles. The van der Waals surface area contributed by atoms with Gasteiger partial charge in [0.05, 0.1) is 12.7 Å². The largest absolute Gasteiger partial charge is 0.394 e. The number of rotatable bonds is 6. The number of halogens is 2. The maximum atomic E-state index is 18.3. The van der Waals surface area contributed by atoms with Crippen molar-refractivity contribution >= 4 is 17.3 Å². The van der Waals surface area contributed by atoms with Crippen molar-refractivity contribution in [1.29, 1.82) is 0 Å². The number of hydrogen-bond donors (Lipinski definition) is 6. The fraction of sp³-hybridized carbons (Fsp3) is 0.639. The normalized spacial score (nSPS) is 47.0. The Bertz CT molecular complexity index is 1570. The number of alkyl halides is 2. The number of benzene rings is 1. The Balaban J connectivity index is 1.55. The van der Waals surface area contributed by atoms with Gasteiger partial charge in [-0.15, -0.1) is 0 Å². The maximum Gasteiger partial charge on any atom is 0.202 e. The molecule has 1 unspecified atom stereocenters. The molecule has 1 aromatic rings. The molecule has 5 aliphatic rings. The number of aliphatic hydroxyl groups excluding tert-OH is 6. The number of hydrogen-bond acceptors (Lipinski definition) is 10. The lowest BCUT2D eigenvalue weighted by Gasteiger charge is -2.63. The van der Waals surface area contributed by atoms with Gasteiger partial charge < -0.3 is 35.4 Å². The van der Waals surface area contributed by atoms with E-state index in [1.807, 2.05) is 6.92 Å².